The number of benzene rings is 11. The Bertz CT molecular complexity index is 4940. The van der Waals surface area contributed by atoms with E-state index in [0.29, 0.717) is 23.1 Å². The lowest BCUT2D eigenvalue weighted by atomic mass is 10.0. The largest absolute Gasteiger partial charge is 0.456 e. The van der Waals surface area contributed by atoms with Gasteiger partial charge in [0.2, 0.25) is 0 Å². The maximum Gasteiger partial charge on any atom is 0.167 e. The van der Waals surface area contributed by atoms with Crippen LogP contribution in [0.5, 0.6) is 0 Å². The fraction of sp³-hybridized carbons (Fsp3) is 0. The molecule has 0 atom stereocenters. The van der Waals surface area contributed by atoms with Crippen LogP contribution in [0.15, 0.2) is 233 Å². The monoisotopic (exact) mass is 919 g/mol. The summed E-state index contributed by atoms with van der Waals surface area (Å²) < 4.78 is 18.3. The Hall–Kier alpha value is -9.85. The fourth-order valence-electron chi connectivity index (χ4n) is 11.4. The molecule has 0 unspecified atom stereocenters. The van der Waals surface area contributed by atoms with Gasteiger partial charge in [-0.1, -0.05) is 127 Å². The van der Waals surface area contributed by atoms with Crippen molar-refractivity contribution < 1.29 is 8.83 Å². The van der Waals surface area contributed by atoms with Crippen LogP contribution in [0.4, 0.5) is 0 Å². The van der Waals surface area contributed by atoms with Crippen LogP contribution in [-0.2, 0) is 0 Å². The molecule has 0 aliphatic rings. The van der Waals surface area contributed by atoms with E-state index >= 15 is 0 Å². The number of rotatable bonds is 5. The first-order valence-electron chi connectivity index (χ1n) is 24.2. The number of hydrogen-bond acceptors (Lipinski definition) is 5. The third kappa shape index (κ3) is 5.70. The van der Waals surface area contributed by atoms with Gasteiger partial charge in [-0.05, 0) is 119 Å². The zero-order valence-corrected chi connectivity index (χ0v) is 38.4. The van der Waals surface area contributed by atoms with E-state index in [1.54, 1.807) is 0 Å². The Morgan fingerprint density at radius 3 is 1.61 bits per heavy atom. The maximum absolute atomic E-state index is 7.18. The van der Waals surface area contributed by atoms with Gasteiger partial charge in [0.05, 0.1) is 38.7 Å². The molecule has 0 saturated carbocycles. The van der Waals surface area contributed by atoms with Gasteiger partial charge in [-0.2, -0.15) is 0 Å². The molecule has 72 heavy (non-hydrogen) atoms. The molecule has 5 heterocycles. The summed E-state index contributed by atoms with van der Waals surface area (Å²) in [7, 11) is 0. The van der Waals surface area contributed by atoms with Crippen molar-refractivity contribution in [2.45, 2.75) is 0 Å². The molecule has 0 radical (unpaired) electrons. The number of nitrogens with zero attached hydrogens (tertiary/aromatic N) is 5. The average Bonchev–Trinajstić information content (AvgIpc) is 4.19. The first-order chi connectivity index (χ1) is 35.7. The summed E-state index contributed by atoms with van der Waals surface area (Å²) in [5.74, 6) is 1.57. The fourth-order valence-corrected chi connectivity index (χ4v) is 11.4. The highest BCUT2D eigenvalue weighted by molar-refractivity contribution is 6.20. The summed E-state index contributed by atoms with van der Waals surface area (Å²) in [5, 5.41) is 13.3. The second-order valence-corrected chi connectivity index (χ2v) is 18.7. The van der Waals surface area contributed by atoms with Crippen LogP contribution in [-0.4, -0.2) is 24.1 Å². The van der Waals surface area contributed by atoms with Crippen molar-refractivity contribution in [1.82, 2.24) is 24.1 Å². The van der Waals surface area contributed by atoms with Gasteiger partial charge in [-0.25, -0.2) is 15.0 Å². The van der Waals surface area contributed by atoms with Crippen LogP contribution >= 0.6 is 0 Å². The number of fused-ring (bicyclic) bond motifs is 14. The number of aromatic nitrogens is 5. The van der Waals surface area contributed by atoms with Crippen molar-refractivity contribution in [3.8, 4) is 45.5 Å². The van der Waals surface area contributed by atoms with Gasteiger partial charge < -0.3 is 18.0 Å². The minimum atomic E-state index is 0.500. The quantitative estimate of drug-likeness (QED) is 0.172. The van der Waals surface area contributed by atoms with Crippen LogP contribution < -0.4 is 0 Å². The third-order valence-electron chi connectivity index (χ3n) is 14.7. The van der Waals surface area contributed by atoms with Gasteiger partial charge in [-0.3, -0.25) is 0 Å². The highest BCUT2D eigenvalue weighted by atomic mass is 16.3. The molecule has 11 aromatic carbocycles. The van der Waals surface area contributed by atoms with Crippen LogP contribution in [0.25, 0.3) is 155 Å². The zero-order chi connectivity index (χ0) is 47.0. The lowest BCUT2D eigenvalue weighted by molar-refractivity contribution is 0.668. The van der Waals surface area contributed by atoms with Crippen LogP contribution in [0.3, 0.4) is 0 Å². The summed E-state index contributed by atoms with van der Waals surface area (Å²) in [4.78, 5) is 16.1. The Kier molecular flexibility index (Phi) is 8.04. The van der Waals surface area contributed by atoms with Crippen molar-refractivity contribution in [3.05, 3.63) is 224 Å². The number of hydrogen-bond donors (Lipinski definition) is 0. The van der Waals surface area contributed by atoms with Gasteiger partial charge in [0.25, 0.3) is 0 Å². The predicted octanol–water partition coefficient (Wildman–Crippen LogP) is 17.2. The van der Waals surface area contributed by atoms with Gasteiger partial charge >= 0.3 is 0 Å². The maximum atomic E-state index is 7.18. The van der Waals surface area contributed by atoms with Crippen molar-refractivity contribution in [1.29, 1.82) is 0 Å². The Morgan fingerprint density at radius 1 is 0.306 bits per heavy atom. The molecule has 334 valence electrons. The summed E-state index contributed by atoms with van der Waals surface area (Å²) in [5.41, 5.74) is 12.1. The first kappa shape index (κ1) is 39.0. The molecule has 7 heteroatoms. The van der Waals surface area contributed by atoms with E-state index < -0.39 is 0 Å². The second-order valence-electron chi connectivity index (χ2n) is 18.7. The van der Waals surface area contributed by atoms with Gasteiger partial charge in [-0.15, -0.1) is 0 Å². The molecule has 0 N–H and O–H groups in total. The minimum Gasteiger partial charge on any atom is -0.456 e. The van der Waals surface area contributed by atoms with Crippen molar-refractivity contribution >= 4 is 109 Å². The molecule has 5 aromatic heterocycles. The van der Waals surface area contributed by atoms with E-state index in [-0.39, 0.29) is 0 Å². The molecule has 16 aromatic rings. The van der Waals surface area contributed by atoms with Gasteiger partial charge in [0.1, 0.15) is 22.3 Å². The Balaban J connectivity index is 0.978. The van der Waals surface area contributed by atoms with Crippen LogP contribution in [0, 0.1) is 0 Å². The highest BCUT2D eigenvalue weighted by Gasteiger charge is 2.25. The van der Waals surface area contributed by atoms with E-state index in [1.165, 1.54) is 21.5 Å². The standard InChI is InChI=1S/C65H37N5O2/c1-2-18-44(19-3-1)69-53-23-11-8-20-45(53)50-34-42(27-30-55(50)69)63-66-64(43-26-28-48-47-22-10-13-25-58(47)71-59(48)37-43)68-65(67-63)49-29-31-56(61-52-33-39-15-5-7-17-41(39)36-60(52)72-62(49)61)70-54-24-12-9-21-46(54)51-32-38-14-4-6-16-40(38)35-57(51)70/h1-37H. The van der Waals surface area contributed by atoms with E-state index in [0.717, 1.165) is 110 Å². The molecule has 0 fully saturated rings. The minimum absolute atomic E-state index is 0.500. The molecule has 7 nitrogen and oxygen atoms in total. The average molecular weight is 920 g/mol. The number of para-hydroxylation sites is 4. The lowest BCUT2D eigenvalue weighted by Crippen LogP contribution is -2.01. The normalized spacial score (nSPS) is 12.2. The van der Waals surface area contributed by atoms with Crippen molar-refractivity contribution in [2.75, 3.05) is 0 Å². The molecule has 0 amide bonds. The molecule has 0 aliphatic carbocycles. The van der Waals surface area contributed by atoms with Crippen LogP contribution in [0.1, 0.15) is 0 Å². The Labute approximate surface area is 410 Å². The lowest BCUT2D eigenvalue weighted by Gasteiger charge is -2.13. The molecule has 0 saturated heterocycles. The molecule has 16 rings (SSSR count). The topological polar surface area (TPSA) is 74.8 Å². The van der Waals surface area contributed by atoms with E-state index in [2.05, 4.69) is 209 Å². The summed E-state index contributed by atoms with van der Waals surface area (Å²) in [6, 6.07) is 79.2. The van der Waals surface area contributed by atoms with Crippen molar-refractivity contribution in [3.63, 3.8) is 0 Å². The number of furan rings is 2. The predicted molar refractivity (Wildman–Crippen MR) is 294 cm³/mol. The van der Waals surface area contributed by atoms with Gasteiger partial charge in [0, 0.05) is 54.5 Å². The molecular formula is C65H37N5O2. The summed E-state index contributed by atoms with van der Waals surface area (Å²) in [6.07, 6.45) is 0. The van der Waals surface area contributed by atoms with Crippen LogP contribution in [0.2, 0.25) is 0 Å². The second kappa shape index (κ2) is 14.8. The van der Waals surface area contributed by atoms with Gasteiger partial charge in [0.15, 0.2) is 17.5 Å². The molecule has 0 aliphatic heterocycles. The van der Waals surface area contributed by atoms with Crippen molar-refractivity contribution in [2.24, 2.45) is 0 Å². The van der Waals surface area contributed by atoms with E-state index in [1.807, 2.05) is 24.3 Å². The van der Waals surface area contributed by atoms with E-state index in [9.17, 15) is 0 Å². The SMILES string of the molecule is c1ccc(-n2c3ccccc3c3cc(-c4nc(-c5ccc6c(c5)oc5ccccc56)nc(-c5ccc(-n6c7ccccc7c7cc8ccccc8cc76)c6c5oc5cc7ccccc7cc56)n4)ccc32)cc1. The summed E-state index contributed by atoms with van der Waals surface area (Å²) in [6.45, 7) is 0. The molecule has 0 spiro atoms. The molecular weight excluding hydrogens is 883 g/mol. The first-order valence-corrected chi connectivity index (χ1v) is 24.2. The van der Waals surface area contributed by atoms with E-state index in [4.69, 9.17) is 23.8 Å². The zero-order valence-electron chi connectivity index (χ0n) is 38.4. The smallest absolute Gasteiger partial charge is 0.167 e. The molecule has 0 bridgehead atoms. The highest BCUT2D eigenvalue weighted by Crippen LogP contribution is 2.45. The summed E-state index contributed by atoms with van der Waals surface area (Å²) >= 11 is 0. The third-order valence-corrected chi connectivity index (χ3v) is 14.7. The Morgan fingerprint density at radius 2 is 0.847 bits per heavy atom.